The quantitative estimate of drug-likeness (QED) is 0.933. The number of allylic oxidation sites excluding steroid dienone is 1. The third kappa shape index (κ3) is 3.78. The number of piperazine rings is 1. The summed E-state index contributed by atoms with van der Waals surface area (Å²) in [7, 11) is 0. The van der Waals surface area contributed by atoms with Gasteiger partial charge < -0.3 is 15.1 Å². The van der Waals surface area contributed by atoms with E-state index in [-0.39, 0.29) is 6.03 Å². The molecule has 2 amide bonds. The Labute approximate surface area is 132 Å². The van der Waals surface area contributed by atoms with Gasteiger partial charge in [-0.2, -0.15) is 0 Å². The minimum absolute atomic E-state index is 0.00918. The fourth-order valence-corrected chi connectivity index (χ4v) is 3.18. The van der Waals surface area contributed by atoms with Crippen molar-refractivity contribution in [2.45, 2.75) is 25.7 Å². The largest absolute Gasteiger partial charge is 0.353 e. The van der Waals surface area contributed by atoms with Crippen molar-refractivity contribution in [1.29, 1.82) is 0 Å². The molecule has 1 saturated carbocycles. The number of rotatable bonds is 3. The first-order chi connectivity index (χ1) is 10.8. The van der Waals surface area contributed by atoms with Crippen LogP contribution in [0.25, 0.3) is 0 Å². The van der Waals surface area contributed by atoms with Crippen LogP contribution in [0.4, 0.5) is 10.6 Å². The maximum atomic E-state index is 12.1. The minimum atomic E-state index is 0.00918. The molecule has 5 nitrogen and oxygen atoms in total. The summed E-state index contributed by atoms with van der Waals surface area (Å²) in [5.74, 6) is 1.64. The van der Waals surface area contributed by atoms with Crippen LogP contribution in [0.3, 0.4) is 0 Å². The summed E-state index contributed by atoms with van der Waals surface area (Å²) in [6, 6.07) is 5.94. The van der Waals surface area contributed by atoms with Crippen LogP contribution in [-0.2, 0) is 0 Å². The lowest BCUT2D eigenvalue weighted by Crippen LogP contribution is -2.51. The lowest BCUT2D eigenvalue weighted by molar-refractivity contribution is 0.198. The second-order valence-electron chi connectivity index (χ2n) is 6.02. The van der Waals surface area contributed by atoms with Crippen LogP contribution in [-0.4, -0.2) is 42.1 Å². The second-order valence-corrected chi connectivity index (χ2v) is 6.02. The van der Waals surface area contributed by atoms with E-state index in [1.807, 2.05) is 35.5 Å². The molecule has 0 spiro atoms. The van der Waals surface area contributed by atoms with Gasteiger partial charge in [0.05, 0.1) is 0 Å². The van der Waals surface area contributed by atoms with Gasteiger partial charge in [-0.05, 0) is 30.9 Å². The van der Waals surface area contributed by atoms with Crippen molar-refractivity contribution in [3.05, 3.63) is 36.7 Å². The number of urea groups is 1. The molecule has 2 heterocycles. The lowest BCUT2D eigenvalue weighted by atomic mass is 10.1. The zero-order chi connectivity index (χ0) is 15.2. The van der Waals surface area contributed by atoms with E-state index in [0.29, 0.717) is 5.92 Å². The molecule has 1 aromatic rings. The number of carbonyl (C=O) groups is 1. The Morgan fingerprint density at radius 3 is 2.64 bits per heavy atom. The minimum Gasteiger partial charge on any atom is -0.353 e. The monoisotopic (exact) mass is 300 g/mol. The van der Waals surface area contributed by atoms with Gasteiger partial charge in [0.15, 0.2) is 0 Å². The number of nitrogens with one attached hydrogen (secondary N) is 1. The Morgan fingerprint density at radius 2 is 1.95 bits per heavy atom. The van der Waals surface area contributed by atoms with Crippen LogP contribution in [0.5, 0.6) is 0 Å². The van der Waals surface area contributed by atoms with Crippen molar-refractivity contribution in [3.8, 4) is 0 Å². The number of carbonyl (C=O) groups excluding carboxylic acids is 1. The van der Waals surface area contributed by atoms with Gasteiger partial charge in [-0.3, -0.25) is 0 Å². The predicted octanol–water partition coefficient (Wildman–Crippen LogP) is 2.62. The summed E-state index contributed by atoms with van der Waals surface area (Å²) in [6.45, 7) is 3.13. The third-order valence-corrected chi connectivity index (χ3v) is 4.52. The average Bonchev–Trinajstić information content (AvgIpc) is 3.09. The van der Waals surface area contributed by atoms with Gasteiger partial charge in [-0.1, -0.05) is 25.0 Å². The number of amides is 2. The fraction of sp³-hybridized carbons (Fsp3) is 0.529. The molecule has 0 bridgehead atoms. The Morgan fingerprint density at radius 1 is 1.18 bits per heavy atom. The fourth-order valence-electron chi connectivity index (χ4n) is 3.18. The molecule has 1 N–H and O–H groups in total. The summed E-state index contributed by atoms with van der Waals surface area (Å²) in [5.41, 5.74) is 0. The maximum Gasteiger partial charge on any atom is 0.321 e. The van der Waals surface area contributed by atoms with Crippen LogP contribution >= 0.6 is 0 Å². The molecule has 2 fully saturated rings. The zero-order valence-electron chi connectivity index (χ0n) is 12.9. The molecular formula is C17H24N4O. The Hall–Kier alpha value is -2.04. The van der Waals surface area contributed by atoms with Gasteiger partial charge in [0.25, 0.3) is 0 Å². The predicted molar refractivity (Wildman–Crippen MR) is 87.7 cm³/mol. The maximum absolute atomic E-state index is 12.1. The van der Waals surface area contributed by atoms with Crippen LogP contribution in [0.2, 0.25) is 0 Å². The van der Waals surface area contributed by atoms with Gasteiger partial charge in [0.2, 0.25) is 0 Å². The highest BCUT2D eigenvalue weighted by Gasteiger charge is 2.21. The summed E-state index contributed by atoms with van der Waals surface area (Å²) < 4.78 is 0. The van der Waals surface area contributed by atoms with E-state index < -0.39 is 0 Å². The molecule has 1 saturated heterocycles. The molecule has 118 valence electrons. The first-order valence-electron chi connectivity index (χ1n) is 8.21. The highest BCUT2D eigenvalue weighted by molar-refractivity contribution is 5.75. The molecule has 0 unspecified atom stereocenters. The van der Waals surface area contributed by atoms with Crippen molar-refractivity contribution in [3.63, 3.8) is 0 Å². The Balaban J connectivity index is 1.43. The van der Waals surface area contributed by atoms with E-state index in [1.54, 1.807) is 0 Å². The first-order valence-corrected chi connectivity index (χ1v) is 8.21. The van der Waals surface area contributed by atoms with Crippen molar-refractivity contribution < 1.29 is 4.79 Å². The molecule has 0 radical (unpaired) electrons. The lowest BCUT2D eigenvalue weighted by Gasteiger charge is -2.35. The molecule has 0 aromatic carbocycles. The van der Waals surface area contributed by atoms with Crippen LogP contribution in [0, 0.1) is 5.92 Å². The van der Waals surface area contributed by atoms with Gasteiger partial charge in [-0.25, -0.2) is 9.78 Å². The molecule has 3 rings (SSSR count). The van der Waals surface area contributed by atoms with E-state index >= 15 is 0 Å². The van der Waals surface area contributed by atoms with E-state index in [2.05, 4.69) is 21.3 Å². The highest BCUT2D eigenvalue weighted by Crippen LogP contribution is 2.25. The van der Waals surface area contributed by atoms with Crippen molar-refractivity contribution in [2.75, 3.05) is 31.1 Å². The van der Waals surface area contributed by atoms with Crippen LogP contribution in [0.15, 0.2) is 36.7 Å². The Bertz CT molecular complexity index is 503. The van der Waals surface area contributed by atoms with Crippen molar-refractivity contribution in [1.82, 2.24) is 15.2 Å². The van der Waals surface area contributed by atoms with E-state index in [9.17, 15) is 4.79 Å². The molecular weight excluding hydrogens is 276 g/mol. The van der Waals surface area contributed by atoms with Gasteiger partial charge in [0.1, 0.15) is 5.82 Å². The number of aromatic nitrogens is 1. The van der Waals surface area contributed by atoms with Crippen molar-refractivity contribution >= 4 is 11.8 Å². The molecule has 1 aliphatic heterocycles. The zero-order valence-corrected chi connectivity index (χ0v) is 12.9. The molecule has 0 atom stereocenters. The highest BCUT2D eigenvalue weighted by atomic mass is 16.2. The number of anilines is 1. The van der Waals surface area contributed by atoms with Crippen LogP contribution < -0.4 is 10.2 Å². The van der Waals surface area contributed by atoms with E-state index in [0.717, 1.165) is 32.0 Å². The van der Waals surface area contributed by atoms with Gasteiger partial charge in [0, 0.05) is 38.6 Å². The first kappa shape index (κ1) is 14.9. The summed E-state index contributed by atoms with van der Waals surface area (Å²) >= 11 is 0. The number of hydrogen-bond donors (Lipinski definition) is 1. The summed E-state index contributed by atoms with van der Waals surface area (Å²) in [4.78, 5) is 20.6. The van der Waals surface area contributed by atoms with Crippen LogP contribution in [0.1, 0.15) is 25.7 Å². The molecule has 2 aliphatic rings. The van der Waals surface area contributed by atoms with E-state index in [4.69, 9.17) is 0 Å². The SMILES string of the molecule is O=C(N/C=C/C1CCCC1)N1CCN(c2ccccn2)CC1. The summed E-state index contributed by atoms with van der Waals surface area (Å²) in [5, 5.41) is 2.91. The smallest absolute Gasteiger partial charge is 0.321 e. The molecule has 22 heavy (non-hydrogen) atoms. The van der Waals surface area contributed by atoms with Gasteiger partial charge >= 0.3 is 6.03 Å². The van der Waals surface area contributed by atoms with E-state index in [1.165, 1.54) is 25.7 Å². The topological polar surface area (TPSA) is 48.5 Å². The second kappa shape index (κ2) is 7.29. The van der Waals surface area contributed by atoms with Crippen molar-refractivity contribution in [2.24, 2.45) is 5.92 Å². The normalized spacial score (nSPS) is 19.8. The Kier molecular flexibility index (Phi) is 4.93. The average molecular weight is 300 g/mol. The van der Waals surface area contributed by atoms with Gasteiger partial charge in [-0.15, -0.1) is 0 Å². The third-order valence-electron chi connectivity index (χ3n) is 4.52. The standard InChI is InChI=1S/C17H24N4O/c22-17(19-10-8-15-5-1-2-6-15)21-13-11-20(12-14-21)16-7-3-4-9-18-16/h3-4,7-10,15H,1-2,5-6,11-14H2,(H,19,22)/b10-8+. The number of nitrogens with zero attached hydrogens (tertiary/aromatic N) is 3. The number of pyridine rings is 1. The number of hydrogen-bond acceptors (Lipinski definition) is 3. The molecule has 1 aliphatic carbocycles. The molecule has 1 aromatic heterocycles. The summed E-state index contributed by atoms with van der Waals surface area (Å²) in [6.07, 6.45) is 10.9. The molecule has 5 heteroatoms.